The monoisotopic (exact) mass is 324 g/mol. The third kappa shape index (κ3) is 3.15. The molecule has 1 aromatic heterocycles. The van der Waals surface area contributed by atoms with Crippen LogP contribution in [-0.4, -0.2) is 34.4 Å². The van der Waals surface area contributed by atoms with Crippen LogP contribution in [0.1, 0.15) is 48.5 Å². The van der Waals surface area contributed by atoms with Crippen LogP contribution in [-0.2, 0) is 4.79 Å². The molecule has 2 aliphatic rings. The second kappa shape index (κ2) is 6.71. The first-order valence-electron chi connectivity index (χ1n) is 7.93. The van der Waals surface area contributed by atoms with Crippen molar-refractivity contribution in [3.63, 3.8) is 0 Å². The summed E-state index contributed by atoms with van der Waals surface area (Å²) in [6, 6.07) is 4.75. The zero-order valence-electron chi connectivity index (χ0n) is 12.8. The van der Waals surface area contributed by atoms with E-state index in [2.05, 4.69) is 36.2 Å². The number of rotatable bonds is 4. The number of thiophene rings is 1. The van der Waals surface area contributed by atoms with Gasteiger partial charge in [-0.3, -0.25) is 10.1 Å². The minimum Gasteiger partial charge on any atom is -0.317 e. The average Bonchev–Trinajstić information content (AvgIpc) is 3.05. The summed E-state index contributed by atoms with van der Waals surface area (Å²) in [6.45, 7) is 4.29. The molecular weight excluding hydrogens is 300 g/mol. The molecule has 0 aliphatic carbocycles. The predicted molar refractivity (Wildman–Crippen MR) is 90.8 cm³/mol. The molecule has 3 rings (SSSR count). The van der Waals surface area contributed by atoms with E-state index in [-0.39, 0.29) is 12.2 Å². The molecule has 3 atom stereocenters. The Morgan fingerprint density at radius 1 is 1.43 bits per heavy atom. The largest absolute Gasteiger partial charge is 0.317 e. The molecule has 1 aromatic rings. The van der Waals surface area contributed by atoms with Crippen molar-refractivity contribution in [1.29, 1.82) is 0 Å². The van der Waals surface area contributed by atoms with Gasteiger partial charge in [-0.15, -0.1) is 11.3 Å². The highest BCUT2D eigenvalue weighted by atomic mass is 32.2. The molecule has 0 radical (unpaired) electrons. The van der Waals surface area contributed by atoms with E-state index in [4.69, 9.17) is 0 Å². The summed E-state index contributed by atoms with van der Waals surface area (Å²) in [4.78, 5) is 17.6. The van der Waals surface area contributed by atoms with Crippen molar-refractivity contribution < 1.29 is 4.79 Å². The van der Waals surface area contributed by atoms with E-state index in [1.807, 2.05) is 23.1 Å². The first-order valence-corrected chi connectivity index (χ1v) is 9.90. The van der Waals surface area contributed by atoms with Gasteiger partial charge in [0.15, 0.2) is 0 Å². The van der Waals surface area contributed by atoms with E-state index in [1.165, 1.54) is 21.9 Å². The predicted octanol–water partition coefficient (Wildman–Crippen LogP) is 3.55. The van der Waals surface area contributed by atoms with Gasteiger partial charge in [-0.05, 0) is 44.1 Å². The Bertz CT molecular complexity index is 496. The van der Waals surface area contributed by atoms with Gasteiger partial charge in [0.1, 0.15) is 6.17 Å². The minimum absolute atomic E-state index is 0.00864. The van der Waals surface area contributed by atoms with Crippen LogP contribution in [0.25, 0.3) is 0 Å². The lowest BCUT2D eigenvalue weighted by Gasteiger charge is -2.34. The quantitative estimate of drug-likeness (QED) is 0.919. The fraction of sp³-hybridized carbons (Fsp3) is 0.688. The molecule has 0 bridgehead atoms. The van der Waals surface area contributed by atoms with Gasteiger partial charge in [-0.1, -0.05) is 13.3 Å². The van der Waals surface area contributed by atoms with Crippen LogP contribution < -0.4 is 5.32 Å². The number of hydrogen-bond acceptors (Lipinski definition) is 4. The Balaban J connectivity index is 1.85. The smallest absolute Gasteiger partial charge is 0.241 e. The molecule has 1 N–H and O–H groups in total. The molecular formula is C16H24N2OS2. The van der Waals surface area contributed by atoms with E-state index in [0.29, 0.717) is 11.9 Å². The maximum Gasteiger partial charge on any atom is 0.241 e. The van der Waals surface area contributed by atoms with Crippen LogP contribution in [0.4, 0.5) is 0 Å². The second-order valence-corrected chi connectivity index (χ2v) is 8.44. The van der Waals surface area contributed by atoms with Gasteiger partial charge in [-0.2, -0.15) is 11.8 Å². The topological polar surface area (TPSA) is 32.3 Å². The highest BCUT2D eigenvalue weighted by Crippen LogP contribution is 2.36. The van der Waals surface area contributed by atoms with Crippen LogP contribution >= 0.6 is 23.1 Å². The van der Waals surface area contributed by atoms with E-state index < -0.39 is 0 Å². The molecule has 5 heteroatoms. The molecule has 2 saturated heterocycles. The normalized spacial score (nSPS) is 30.1. The van der Waals surface area contributed by atoms with Crippen LogP contribution in [0.15, 0.2) is 12.1 Å². The van der Waals surface area contributed by atoms with Crippen molar-refractivity contribution in [2.24, 2.45) is 0 Å². The average molecular weight is 325 g/mol. The maximum absolute atomic E-state index is 12.8. The third-order valence-corrected chi connectivity index (χ3v) is 6.58. The maximum atomic E-state index is 12.8. The van der Waals surface area contributed by atoms with Gasteiger partial charge in [-0.25, -0.2) is 0 Å². The van der Waals surface area contributed by atoms with Gasteiger partial charge >= 0.3 is 0 Å². The summed E-state index contributed by atoms with van der Waals surface area (Å²) in [6.07, 6.45) is 4.47. The van der Waals surface area contributed by atoms with Gasteiger partial charge in [0, 0.05) is 21.5 Å². The number of carbonyl (C=O) groups is 1. The Labute approximate surface area is 135 Å². The zero-order chi connectivity index (χ0) is 14.8. The molecule has 0 saturated carbocycles. The van der Waals surface area contributed by atoms with Crippen LogP contribution in [0.2, 0.25) is 0 Å². The summed E-state index contributed by atoms with van der Waals surface area (Å²) in [5.74, 6) is 2.65. The number of amides is 1. The molecule has 3 nitrogen and oxygen atoms in total. The lowest BCUT2D eigenvalue weighted by molar-refractivity contribution is -0.132. The summed E-state index contributed by atoms with van der Waals surface area (Å²) in [7, 11) is 0. The Kier molecular flexibility index (Phi) is 4.92. The number of nitrogens with one attached hydrogen (secondary N) is 1. The van der Waals surface area contributed by atoms with Crippen molar-refractivity contribution >= 4 is 29.0 Å². The van der Waals surface area contributed by atoms with Crippen molar-refractivity contribution in [2.45, 2.75) is 57.8 Å². The van der Waals surface area contributed by atoms with Gasteiger partial charge in [0.25, 0.3) is 0 Å². The van der Waals surface area contributed by atoms with Gasteiger partial charge in [0.2, 0.25) is 5.91 Å². The van der Waals surface area contributed by atoms with Crippen LogP contribution in [0.3, 0.4) is 0 Å². The first kappa shape index (κ1) is 15.4. The fourth-order valence-corrected chi connectivity index (χ4v) is 5.37. The number of thioether (sulfide) groups is 1. The van der Waals surface area contributed by atoms with Crippen molar-refractivity contribution in [3.05, 3.63) is 21.9 Å². The highest BCUT2D eigenvalue weighted by Gasteiger charge is 2.43. The number of hydrogen-bond donors (Lipinski definition) is 1. The number of aryl methyl sites for hydroxylation is 1. The molecule has 2 fully saturated rings. The number of nitrogens with zero attached hydrogens (tertiary/aromatic N) is 1. The van der Waals surface area contributed by atoms with E-state index in [9.17, 15) is 4.79 Å². The summed E-state index contributed by atoms with van der Waals surface area (Å²) in [5.41, 5.74) is 0. The molecule has 0 aromatic carbocycles. The Hall–Kier alpha value is -0.520. The molecule has 0 spiro atoms. The molecule has 2 aliphatic heterocycles. The summed E-state index contributed by atoms with van der Waals surface area (Å²) < 4.78 is 0. The third-order valence-electron chi connectivity index (χ3n) is 4.33. The van der Waals surface area contributed by atoms with Crippen molar-refractivity contribution in [1.82, 2.24) is 10.2 Å². The molecule has 3 unspecified atom stereocenters. The fourth-order valence-electron chi connectivity index (χ4n) is 3.30. The first-order chi connectivity index (χ1) is 10.2. The lowest BCUT2D eigenvalue weighted by atomic mass is 10.1. The zero-order valence-corrected chi connectivity index (χ0v) is 14.4. The molecule has 21 heavy (non-hydrogen) atoms. The van der Waals surface area contributed by atoms with Crippen LogP contribution in [0.5, 0.6) is 0 Å². The van der Waals surface area contributed by atoms with E-state index in [1.54, 1.807) is 0 Å². The van der Waals surface area contributed by atoms with Crippen molar-refractivity contribution in [2.75, 3.05) is 11.5 Å². The number of carbonyl (C=O) groups excluding carboxylic acids is 1. The second-order valence-electron chi connectivity index (χ2n) is 5.98. The Morgan fingerprint density at radius 3 is 2.90 bits per heavy atom. The van der Waals surface area contributed by atoms with E-state index in [0.717, 1.165) is 25.0 Å². The van der Waals surface area contributed by atoms with E-state index >= 15 is 0 Å². The van der Waals surface area contributed by atoms with Gasteiger partial charge < -0.3 is 4.90 Å². The minimum atomic E-state index is 0.00864. The van der Waals surface area contributed by atoms with Gasteiger partial charge in [0.05, 0.1) is 6.04 Å². The summed E-state index contributed by atoms with van der Waals surface area (Å²) >= 11 is 3.80. The molecule has 3 heterocycles. The molecule has 116 valence electrons. The lowest BCUT2D eigenvalue weighted by Crippen LogP contribution is -2.42. The standard InChI is InChI=1S/C16H24N2OS2/c1-3-5-13-16(19)18(12-6-4-9-20-10-12)15(17-13)14-8-7-11(2)21-14/h7-8,12-13,15,17H,3-6,9-10H2,1-2H3. The molecule has 1 amide bonds. The highest BCUT2D eigenvalue weighted by molar-refractivity contribution is 7.99. The SMILES string of the molecule is CCCC1NC(c2ccc(C)s2)N(C2CCCSC2)C1=O. The van der Waals surface area contributed by atoms with Crippen LogP contribution in [0, 0.1) is 6.92 Å². The van der Waals surface area contributed by atoms with Crippen molar-refractivity contribution in [3.8, 4) is 0 Å². The Morgan fingerprint density at radius 2 is 2.29 bits per heavy atom. The summed E-state index contributed by atoms with van der Waals surface area (Å²) in [5, 5.41) is 3.60.